The maximum absolute atomic E-state index is 12.0. The van der Waals surface area contributed by atoms with Crippen LogP contribution in [0.1, 0.15) is 32.6 Å². The Bertz CT molecular complexity index is 334. The van der Waals surface area contributed by atoms with Gasteiger partial charge in [-0.15, -0.1) is 0 Å². The van der Waals surface area contributed by atoms with Gasteiger partial charge in [0.1, 0.15) is 5.25 Å². The number of methoxy groups -OCH3 is 1. The zero-order valence-electron chi connectivity index (χ0n) is 9.94. The molecule has 0 aromatic heterocycles. The van der Waals surface area contributed by atoms with Crippen molar-refractivity contribution in [2.75, 3.05) is 19.5 Å². The highest BCUT2D eigenvalue weighted by Crippen LogP contribution is 2.23. The van der Waals surface area contributed by atoms with Crippen molar-refractivity contribution in [2.24, 2.45) is 5.92 Å². The van der Waals surface area contributed by atoms with Gasteiger partial charge in [0.25, 0.3) is 0 Å². The van der Waals surface area contributed by atoms with Crippen molar-refractivity contribution in [2.45, 2.75) is 37.9 Å². The van der Waals surface area contributed by atoms with Crippen LogP contribution in [-0.4, -0.2) is 38.9 Å². The topological polar surface area (TPSA) is 60.4 Å². The minimum atomic E-state index is -3.18. The molecule has 0 aromatic carbocycles. The van der Waals surface area contributed by atoms with Gasteiger partial charge in [-0.05, 0) is 19.3 Å². The first-order valence-corrected chi connectivity index (χ1v) is 7.45. The van der Waals surface area contributed by atoms with E-state index >= 15 is 0 Å². The number of hydrogen-bond donors (Lipinski definition) is 0. The van der Waals surface area contributed by atoms with Crippen LogP contribution in [0.4, 0.5) is 0 Å². The first-order valence-electron chi connectivity index (χ1n) is 5.73. The van der Waals surface area contributed by atoms with Gasteiger partial charge in [0.2, 0.25) is 0 Å². The Morgan fingerprint density at radius 1 is 1.44 bits per heavy atom. The van der Waals surface area contributed by atoms with E-state index in [-0.39, 0.29) is 17.5 Å². The molecule has 0 amide bonds. The number of sulfone groups is 1. The number of hydrogen-bond acceptors (Lipinski definition) is 4. The van der Waals surface area contributed by atoms with Gasteiger partial charge in [0, 0.05) is 19.6 Å². The van der Waals surface area contributed by atoms with E-state index < -0.39 is 15.1 Å². The van der Waals surface area contributed by atoms with Gasteiger partial charge in [0.05, 0.1) is 5.75 Å². The van der Waals surface area contributed by atoms with E-state index in [0.717, 1.165) is 6.42 Å². The van der Waals surface area contributed by atoms with E-state index in [1.807, 2.05) is 0 Å². The quantitative estimate of drug-likeness (QED) is 0.733. The summed E-state index contributed by atoms with van der Waals surface area (Å²) in [6.07, 6.45) is 2.63. The second-order valence-electron chi connectivity index (χ2n) is 4.44. The SMILES string of the molecule is COCCC(C)C(=O)C1CCCCS1(=O)=O. The summed E-state index contributed by atoms with van der Waals surface area (Å²) in [6, 6.07) is 0. The second kappa shape index (κ2) is 5.77. The zero-order chi connectivity index (χ0) is 12.2. The minimum absolute atomic E-state index is 0.128. The van der Waals surface area contributed by atoms with Gasteiger partial charge < -0.3 is 4.74 Å². The summed E-state index contributed by atoms with van der Waals surface area (Å²) in [5.41, 5.74) is 0. The van der Waals surface area contributed by atoms with Gasteiger partial charge in [0.15, 0.2) is 15.6 Å². The van der Waals surface area contributed by atoms with E-state index in [0.29, 0.717) is 25.9 Å². The van der Waals surface area contributed by atoms with Crippen LogP contribution in [0.3, 0.4) is 0 Å². The summed E-state index contributed by atoms with van der Waals surface area (Å²) < 4.78 is 28.4. The minimum Gasteiger partial charge on any atom is -0.385 e. The molecular formula is C11H20O4S. The molecule has 1 heterocycles. The van der Waals surface area contributed by atoms with Crippen LogP contribution in [0, 0.1) is 5.92 Å². The predicted molar refractivity (Wildman–Crippen MR) is 62.1 cm³/mol. The molecule has 1 fully saturated rings. The van der Waals surface area contributed by atoms with E-state index in [1.54, 1.807) is 14.0 Å². The molecule has 0 aromatic rings. The van der Waals surface area contributed by atoms with Crippen molar-refractivity contribution >= 4 is 15.6 Å². The smallest absolute Gasteiger partial charge is 0.160 e. The average molecular weight is 248 g/mol. The van der Waals surface area contributed by atoms with Gasteiger partial charge in [-0.3, -0.25) is 4.79 Å². The fourth-order valence-corrected chi connectivity index (χ4v) is 4.03. The average Bonchev–Trinajstić information content (AvgIpc) is 2.24. The summed E-state index contributed by atoms with van der Waals surface area (Å²) in [5.74, 6) is -0.185. The molecule has 1 saturated heterocycles. The molecule has 0 N–H and O–H groups in total. The molecule has 0 bridgehead atoms. The van der Waals surface area contributed by atoms with Gasteiger partial charge in [-0.1, -0.05) is 13.3 Å². The summed E-state index contributed by atoms with van der Waals surface area (Å²) in [6.45, 7) is 2.28. The summed E-state index contributed by atoms with van der Waals surface area (Å²) in [7, 11) is -1.61. The number of Topliss-reactive ketones (excluding diaryl/α,β-unsaturated/α-hetero) is 1. The first-order chi connectivity index (χ1) is 7.49. The molecule has 2 atom stereocenters. The van der Waals surface area contributed by atoms with Crippen molar-refractivity contribution < 1.29 is 17.9 Å². The summed E-state index contributed by atoms with van der Waals surface area (Å²) >= 11 is 0. The summed E-state index contributed by atoms with van der Waals surface area (Å²) in [4.78, 5) is 12.0. The van der Waals surface area contributed by atoms with E-state index in [1.165, 1.54) is 0 Å². The van der Waals surface area contributed by atoms with Crippen molar-refractivity contribution in [3.63, 3.8) is 0 Å². The number of carbonyl (C=O) groups is 1. The molecule has 0 radical (unpaired) electrons. The van der Waals surface area contributed by atoms with E-state index in [2.05, 4.69) is 0 Å². The Kier molecular flexibility index (Phi) is 4.92. The lowest BCUT2D eigenvalue weighted by atomic mass is 9.97. The number of carbonyl (C=O) groups excluding carboxylic acids is 1. The maximum Gasteiger partial charge on any atom is 0.160 e. The van der Waals surface area contributed by atoms with Crippen LogP contribution in [0.25, 0.3) is 0 Å². The largest absolute Gasteiger partial charge is 0.385 e. The van der Waals surface area contributed by atoms with Crippen LogP contribution < -0.4 is 0 Å². The molecule has 1 rings (SSSR count). The number of rotatable bonds is 5. The Morgan fingerprint density at radius 3 is 2.69 bits per heavy atom. The third-order valence-electron chi connectivity index (χ3n) is 3.14. The molecule has 0 aliphatic carbocycles. The lowest BCUT2D eigenvalue weighted by Gasteiger charge is -2.23. The van der Waals surface area contributed by atoms with Crippen molar-refractivity contribution in [1.29, 1.82) is 0 Å². The van der Waals surface area contributed by atoms with Crippen LogP contribution in [0.5, 0.6) is 0 Å². The highest BCUT2D eigenvalue weighted by Gasteiger charge is 2.36. The molecule has 1 aliphatic heterocycles. The fourth-order valence-electron chi connectivity index (χ4n) is 2.03. The summed E-state index contributed by atoms with van der Waals surface area (Å²) in [5, 5.41) is -0.756. The van der Waals surface area contributed by atoms with Crippen molar-refractivity contribution in [1.82, 2.24) is 0 Å². The number of ketones is 1. The molecule has 1 aliphatic rings. The second-order valence-corrected chi connectivity index (χ2v) is 6.74. The van der Waals surface area contributed by atoms with E-state index in [9.17, 15) is 13.2 Å². The highest BCUT2D eigenvalue weighted by atomic mass is 32.2. The first kappa shape index (κ1) is 13.6. The molecule has 16 heavy (non-hydrogen) atoms. The third kappa shape index (κ3) is 3.28. The third-order valence-corrected chi connectivity index (χ3v) is 5.33. The predicted octanol–water partition coefficient (Wildman–Crippen LogP) is 1.20. The fraction of sp³-hybridized carbons (Fsp3) is 0.909. The Balaban J connectivity index is 2.65. The van der Waals surface area contributed by atoms with Crippen molar-refractivity contribution in [3.8, 4) is 0 Å². The van der Waals surface area contributed by atoms with Crippen LogP contribution in [0.2, 0.25) is 0 Å². The van der Waals surface area contributed by atoms with Crippen molar-refractivity contribution in [3.05, 3.63) is 0 Å². The van der Waals surface area contributed by atoms with Crippen LogP contribution >= 0.6 is 0 Å². The monoisotopic (exact) mass is 248 g/mol. The maximum atomic E-state index is 12.0. The van der Waals surface area contributed by atoms with Crippen LogP contribution in [-0.2, 0) is 19.4 Å². The zero-order valence-corrected chi connectivity index (χ0v) is 10.8. The highest BCUT2D eigenvalue weighted by molar-refractivity contribution is 7.92. The molecule has 0 spiro atoms. The van der Waals surface area contributed by atoms with Gasteiger partial charge >= 0.3 is 0 Å². The lowest BCUT2D eigenvalue weighted by molar-refractivity contribution is -0.122. The van der Waals surface area contributed by atoms with Gasteiger partial charge in [-0.25, -0.2) is 8.42 Å². The molecule has 0 saturated carbocycles. The molecule has 5 heteroatoms. The van der Waals surface area contributed by atoms with E-state index in [4.69, 9.17) is 4.74 Å². The molecule has 94 valence electrons. The normalized spacial score (nSPS) is 26.2. The van der Waals surface area contributed by atoms with Gasteiger partial charge in [-0.2, -0.15) is 0 Å². The number of ether oxygens (including phenoxy) is 1. The molecule has 4 nitrogen and oxygen atoms in total. The standard InChI is InChI=1S/C11H20O4S/c1-9(6-7-15-2)11(12)10-5-3-4-8-16(10,13)14/h9-10H,3-8H2,1-2H3. The Hall–Kier alpha value is -0.420. The Labute approximate surface area is 97.3 Å². The lowest BCUT2D eigenvalue weighted by Crippen LogP contribution is -2.38. The molecule has 2 unspecified atom stereocenters. The van der Waals surface area contributed by atoms with Crippen LogP contribution in [0.15, 0.2) is 0 Å². The molecular weight excluding hydrogens is 228 g/mol. The Morgan fingerprint density at radius 2 is 2.12 bits per heavy atom.